The van der Waals surface area contributed by atoms with Crippen LogP contribution in [0.4, 0.5) is 14.5 Å². The molecule has 160 valence electrons. The van der Waals surface area contributed by atoms with Crippen LogP contribution < -0.4 is 10.6 Å². The largest absolute Gasteiger partial charge is 0.348 e. The Morgan fingerprint density at radius 3 is 2.47 bits per heavy atom. The Morgan fingerprint density at radius 1 is 1.00 bits per heavy atom. The summed E-state index contributed by atoms with van der Waals surface area (Å²) in [6.45, 7) is 0.178. The lowest BCUT2D eigenvalue weighted by Crippen LogP contribution is -2.28. The molecule has 0 fully saturated rings. The number of ketones is 1. The zero-order valence-corrected chi connectivity index (χ0v) is 17.2. The predicted octanol–water partition coefficient (Wildman–Crippen LogP) is 4.77. The van der Waals surface area contributed by atoms with Crippen LogP contribution in [0.1, 0.15) is 31.8 Å². The van der Waals surface area contributed by atoms with Gasteiger partial charge < -0.3 is 10.6 Å². The molecule has 5 nitrogen and oxygen atoms in total. The van der Waals surface area contributed by atoms with Gasteiger partial charge in [-0.05, 0) is 59.7 Å². The molecule has 0 atom stereocenters. The predicted molar refractivity (Wildman–Crippen MR) is 116 cm³/mol. The molecule has 0 saturated heterocycles. The third-order valence-corrected chi connectivity index (χ3v) is 5.17. The van der Waals surface area contributed by atoms with E-state index in [0.717, 1.165) is 6.07 Å². The Hall–Kier alpha value is -3.84. The zero-order valence-electron chi connectivity index (χ0n) is 16.4. The van der Waals surface area contributed by atoms with Gasteiger partial charge in [-0.2, -0.15) is 0 Å². The molecule has 2 N–H and O–H groups in total. The van der Waals surface area contributed by atoms with Crippen molar-refractivity contribution < 1.29 is 23.2 Å². The lowest BCUT2D eigenvalue weighted by atomic mass is 9.93. The molecule has 2 amide bonds. The summed E-state index contributed by atoms with van der Waals surface area (Å²) in [6, 6.07) is 13.9. The van der Waals surface area contributed by atoms with E-state index in [2.05, 4.69) is 10.6 Å². The highest BCUT2D eigenvalue weighted by molar-refractivity contribution is 6.36. The number of Topliss-reactive ketones (excluding diaryl/α,β-unsaturated/α-hetero) is 1. The van der Waals surface area contributed by atoms with E-state index in [0.29, 0.717) is 11.1 Å². The summed E-state index contributed by atoms with van der Waals surface area (Å²) in [6.07, 6.45) is 1.31. The first-order valence-electron chi connectivity index (χ1n) is 9.51. The van der Waals surface area contributed by atoms with Gasteiger partial charge in [-0.3, -0.25) is 14.4 Å². The Labute approximate surface area is 186 Å². The number of rotatable bonds is 4. The van der Waals surface area contributed by atoms with Gasteiger partial charge in [0, 0.05) is 17.7 Å². The zero-order chi connectivity index (χ0) is 22.8. The summed E-state index contributed by atoms with van der Waals surface area (Å²) in [5.74, 6) is -2.61. The maximum Gasteiger partial charge on any atom is 0.259 e. The first-order chi connectivity index (χ1) is 15.3. The van der Waals surface area contributed by atoms with Crippen molar-refractivity contribution in [3.8, 4) is 0 Å². The fourth-order valence-electron chi connectivity index (χ4n) is 3.21. The van der Waals surface area contributed by atoms with E-state index in [4.69, 9.17) is 11.6 Å². The van der Waals surface area contributed by atoms with Gasteiger partial charge in [0.2, 0.25) is 5.78 Å². The third-order valence-electron chi connectivity index (χ3n) is 4.88. The summed E-state index contributed by atoms with van der Waals surface area (Å²) < 4.78 is 26.4. The van der Waals surface area contributed by atoms with Crippen molar-refractivity contribution in [2.24, 2.45) is 0 Å². The van der Waals surface area contributed by atoms with E-state index in [-0.39, 0.29) is 39.8 Å². The molecule has 0 aromatic heterocycles. The topological polar surface area (TPSA) is 75.3 Å². The second kappa shape index (κ2) is 8.72. The number of benzene rings is 3. The molecular weight excluding hydrogens is 438 g/mol. The van der Waals surface area contributed by atoms with Crippen LogP contribution in [0, 0.1) is 11.6 Å². The van der Waals surface area contributed by atoms with E-state index < -0.39 is 23.4 Å². The van der Waals surface area contributed by atoms with E-state index in [9.17, 15) is 23.2 Å². The number of carbonyl (C=O) groups excluding carboxylic acids is 3. The van der Waals surface area contributed by atoms with Crippen LogP contribution in [0.2, 0.25) is 5.02 Å². The third kappa shape index (κ3) is 4.43. The first kappa shape index (κ1) is 21.4. The number of hydrogen-bond donors (Lipinski definition) is 2. The van der Waals surface area contributed by atoms with Gasteiger partial charge >= 0.3 is 0 Å². The van der Waals surface area contributed by atoms with Gasteiger partial charge in [-0.15, -0.1) is 0 Å². The molecule has 0 spiro atoms. The van der Waals surface area contributed by atoms with Crippen LogP contribution in [-0.4, -0.2) is 17.6 Å². The minimum Gasteiger partial charge on any atom is -0.348 e. The number of carbonyl (C=O) groups is 3. The normalized spacial score (nSPS) is 14.2. The highest BCUT2D eigenvalue weighted by atomic mass is 35.5. The molecule has 1 aliphatic rings. The summed E-state index contributed by atoms with van der Waals surface area (Å²) >= 11 is 5.77. The van der Waals surface area contributed by atoms with Gasteiger partial charge in [0.05, 0.1) is 16.3 Å². The summed E-state index contributed by atoms with van der Waals surface area (Å²) in [4.78, 5) is 37.9. The molecule has 1 aliphatic heterocycles. The molecule has 0 bridgehead atoms. The SMILES string of the molecule is O=C1Nc2ccc(C(=O)NCc3ccc(F)cc3)cc2C(=O)/C1=C/c1ccc(F)c(Cl)c1. The molecule has 32 heavy (non-hydrogen) atoms. The van der Waals surface area contributed by atoms with Crippen molar-refractivity contribution in [2.75, 3.05) is 5.32 Å². The van der Waals surface area contributed by atoms with Crippen molar-refractivity contribution in [1.82, 2.24) is 5.32 Å². The van der Waals surface area contributed by atoms with Crippen molar-refractivity contribution in [3.05, 3.63) is 105 Å². The molecule has 0 saturated carbocycles. The molecular formula is C24H15ClF2N2O3. The lowest BCUT2D eigenvalue weighted by molar-refractivity contribution is -0.112. The average molecular weight is 453 g/mol. The fraction of sp³-hybridized carbons (Fsp3) is 0.0417. The Kier molecular flexibility index (Phi) is 5.83. The molecule has 0 aliphatic carbocycles. The Bertz CT molecular complexity index is 1290. The van der Waals surface area contributed by atoms with E-state index in [1.807, 2.05) is 0 Å². The number of fused-ring (bicyclic) bond motifs is 1. The standard InChI is InChI=1S/C24H15ClF2N2O3/c25-19-10-14(3-7-20(19)27)9-18-22(30)17-11-15(4-8-21(17)29-24(18)32)23(31)28-12-13-1-5-16(26)6-2-13/h1-11H,12H2,(H,28,31)(H,29,32)/b18-9-. The quantitative estimate of drug-likeness (QED) is 0.442. The first-order valence-corrected chi connectivity index (χ1v) is 9.89. The van der Waals surface area contributed by atoms with E-state index in [1.165, 1.54) is 48.5 Å². The van der Waals surface area contributed by atoms with Crippen molar-refractivity contribution in [1.29, 1.82) is 0 Å². The van der Waals surface area contributed by atoms with Crippen molar-refractivity contribution in [3.63, 3.8) is 0 Å². The van der Waals surface area contributed by atoms with Crippen LogP contribution in [-0.2, 0) is 11.3 Å². The molecule has 3 aromatic carbocycles. The maximum atomic E-state index is 13.4. The Morgan fingerprint density at radius 2 is 1.75 bits per heavy atom. The van der Waals surface area contributed by atoms with Crippen LogP contribution in [0.25, 0.3) is 6.08 Å². The van der Waals surface area contributed by atoms with Gasteiger partial charge in [0.15, 0.2) is 0 Å². The minimum absolute atomic E-state index is 0.136. The minimum atomic E-state index is -0.616. The van der Waals surface area contributed by atoms with Gasteiger partial charge in [-0.25, -0.2) is 8.78 Å². The second-order valence-corrected chi connectivity index (χ2v) is 7.49. The summed E-state index contributed by atoms with van der Waals surface area (Å²) in [5.41, 5.74) is 1.59. The smallest absolute Gasteiger partial charge is 0.259 e. The molecule has 1 heterocycles. The maximum absolute atomic E-state index is 13.4. The fourth-order valence-corrected chi connectivity index (χ4v) is 3.40. The molecule has 8 heteroatoms. The van der Waals surface area contributed by atoms with Crippen molar-refractivity contribution in [2.45, 2.75) is 6.54 Å². The molecule has 0 radical (unpaired) electrons. The number of halogens is 3. The van der Waals surface area contributed by atoms with Gasteiger partial charge in [-0.1, -0.05) is 29.8 Å². The van der Waals surface area contributed by atoms with E-state index >= 15 is 0 Å². The molecule has 3 aromatic rings. The van der Waals surface area contributed by atoms with E-state index in [1.54, 1.807) is 12.1 Å². The van der Waals surface area contributed by atoms with Crippen LogP contribution >= 0.6 is 11.6 Å². The summed E-state index contributed by atoms with van der Waals surface area (Å²) in [7, 11) is 0. The molecule has 4 rings (SSSR count). The number of amides is 2. The average Bonchev–Trinajstić information content (AvgIpc) is 2.78. The highest BCUT2D eigenvalue weighted by Crippen LogP contribution is 2.28. The number of anilines is 1. The second-order valence-electron chi connectivity index (χ2n) is 7.08. The number of nitrogens with one attached hydrogen (secondary N) is 2. The monoisotopic (exact) mass is 452 g/mol. The van der Waals surface area contributed by atoms with Crippen LogP contribution in [0.3, 0.4) is 0 Å². The highest BCUT2D eigenvalue weighted by Gasteiger charge is 2.29. The number of hydrogen-bond acceptors (Lipinski definition) is 3. The molecule has 0 unspecified atom stereocenters. The summed E-state index contributed by atoms with van der Waals surface area (Å²) in [5, 5.41) is 5.18. The lowest BCUT2D eigenvalue weighted by Gasteiger charge is -2.19. The van der Waals surface area contributed by atoms with Crippen LogP contribution in [0.5, 0.6) is 0 Å². The van der Waals surface area contributed by atoms with Gasteiger partial charge in [0.25, 0.3) is 11.8 Å². The van der Waals surface area contributed by atoms with Gasteiger partial charge in [0.1, 0.15) is 11.6 Å². The Balaban J connectivity index is 1.57. The van der Waals surface area contributed by atoms with Crippen molar-refractivity contribution >= 4 is 41.0 Å². The van der Waals surface area contributed by atoms with Crippen LogP contribution in [0.15, 0.2) is 66.2 Å².